The van der Waals surface area contributed by atoms with E-state index in [1.807, 2.05) is 0 Å². The molecule has 0 aliphatic rings. The molecule has 1 atom stereocenters. The Kier molecular flexibility index (Phi) is 5.58. The third-order valence-corrected chi connectivity index (χ3v) is 3.93. The number of likely N-dealkylation sites (N-methyl/N-ethyl adjacent to an activating group) is 1. The van der Waals surface area contributed by atoms with Crippen molar-refractivity contribution in [3.05, 3.63) is 34.1 Å². The van der Waals surface area contributed by atoms with Gasteiger partial charge in [-0.1, -0.05) is 48.3 Å². The summed E-state index contributed by atoms with van der Waals surface area (Å²) in [7, 11) is 0. The summed E-state index contributed by atoms with van der Waals surface area (Å²) in [5.74, 6) is 0.739. The summed E-state index contributed by atoms with van der Waals surface area (Å²) in [6.45, 7) is 6.68. The highest BCUT2D eigenvalue weighted by molar-refractivity contribution is 6.38. The molecule has 2 rings (SSSR count). The van der Waals surface area contributed by atoms with E-state index >= 15 is 0 Å². The summed E-state index contributed by atoms with van der Waals surface area (Å²) < 4.78 is 5.25. The zero-order valence-electron chi connectivity index (χ0n) is 12.0. The average molecular weight is 329 g/mol. The first-order valence-electron chi connectivity index (χ1n) is 6.82. The standard InChI is InChI=1S/C14H18Cl2N4O/c1-3-20(4-2)8-11(17)13-18-14(21-19-13)12-9(15)6-5-7-10(12)16/h5-7,11H,3-4,8,17H2,1-2H3. The van der Waals surface area contributed by atoms with E-state index in [4.69, 9.17) is 33.5 Å². The van der Waals surface area contributed by atoms with Crippen LogP contribution in [0.3, 0.4) is 0 Å². The molecule has 2 aromatic rings. The van der Waals surface area contributed by atoms with E-state index in [-0.39, 0.29) is 11.9 Å². The van der Waals surface area contributed by atoms with Crippen molar-refractivity contribution in [1.29, 1.82) is 0 Å². The highest BCUT2D eigenvalue weighted by Crippen LogP contribution is 2.33. The second-order valence-corrected chi connectivity index (χ2v) is 5.46. The normalized spacial score (nSPS) is 12.9. The SMILES string of the molecule is CCN(CC)CC(N)c1noc(-c2c(Cl)cccc2Cl)n1. The molecular formula is C14H18Cl2N4O. The maximum atomic E-state index is 6.13. The van der Waals surface area contributed by atoms with Crippen LogP contribution in [0, 0.1) is 0 Å². The van der Waals surface area contributed by atoms with Gasteiger partial charge >= 0.3 is 0 Å². The molecule has 0 aliphatic carbocycles. The minimum Gasteiger partial charge on any atom is -0.334 e. The fourth-order valence-electron chi connectivity index (χ4n) is 2.03. The van der Waals surface area contributed by atoms with Crippen LogP contribution in [0.25, 0.3) is 11.5 Å². The van der Waals surface area contributed by atoms with Crippen molar-refractivity contribution in [3.63, 3.8) is 0 Å². The molecular weight excluding hydrogens is 311 g/mol. The fraction of sp³-hybridized carbons (Fsp3) is 0.429. The zero-order valence-corrected chi connectivity index (χ0v) is 13.5. The molecule has 0 fully saturated rings. The summed E-state index contributed by atoms with van der Waals surface area (Å²) in [4.78, 5) is 6.52. The van der Waals surface area contributed by atoms with E-state index in [1.165, 1.54) is 0 Å². The molecule has 0 bridgehead atoms. The van der Waals surface area contributed by atoms with Crippen molar-refractivity contribution in [2.75, 3.05) is 19.6 Å². The molecule has 0 saturated heterocycles. The monoisotopic (exact) mass is 328 g/mol. The number of rotatable bonds is 6. The van der Waals surface area contributed by atoms with Gasteiger partial charge in [-0.05, 0) is 25.2 Å². The Morgan fingerprint density at radius 1 is 1.24 bits per heavy atom. The number of nitrogens with zero attached hydrogens (tertiary/aromatic N) is 3. The quantitative estimate of drug-likeness (QED) is 0.880. The number of hydrogen-bond acceptors (Lipinski definition) is 5. The molecule has 0 radical (unpaired) electrons. The van der Waals surface area contributed by atoms with Crippen molar-refractivity contribution in [1.82, 2.24) is 15.0 Å². The Bertz CT molecular complexity index is 578. The summed E-state index contributed by atoms with van der Waals surface area (Å²) in [5, 5.41) is 4.88. The van der Waals surface area contributed by atoms with E-state index in [0.29, 0.717) is 28.0 Å². The summed E-state index contributed by atoms with van der Waals surface area (Å²) >= 11 is 12.3. The minimum absolute atomic E-state index is 0.288. The summed E-state index contributed by atoms with van der Waals surface area (Å²) in [5.41, 5.74) is 6.66. The van der Waals surface area contributed by atoms with Crippen molar-refractivity contribution < 1.29 is 4.52 Å². The lowest BCUT2D eigenvalue weighted by Gasteiger charge is -2.20. The number of benzene rings is 1. The molecule has 1 aromatic heterocycles. The van der Waals surface area contributed by atoms with Gasteiger partial charge in [-0.3, -0.25) is 0 Å². The van der Waals surface area contributed by atoms with Crippen LogP contribution in [0.15, 0.2) is 22.7 Å². The molecule has 0 aliphatic heterocycles. The second kappa shape index (κ2) is 7.22. The van der Waals surface area contributed by atoms with Crippen molar-refractivity contribution in [2.45, 2.75) is 19.9 Å². The largest absolute Gasteiger partial charge is 0.334 e. The van der Waals surface area contributed by atoms with Crippen LogP contribution >= 0.6 is 23.2 Å². The number of halogens is 2. The molecule has 7 heteroatoms. The molecule has 114 valence electrons. The summed E-state index contributed by atoms with van der Waals surface area (Å²) in [6.07, 6.45) is 0. The lowest BCUT2D eigenvalue weighted by atomic mass is 10.2. The van der Waals surface area contributed by atoms with Gasteiger partial charge in [0.25, 0.3) is 5.89 Å². The van der Waals surface area contributed by atoms with Gasteiger partial charge in [-0.2, -0.15) is 4.98 Å². The predicted molar refractivity (Wildman–Crippen MR) is 84.5 cm³/mol. The third kappa shape index (κ3) is 3.74. The molecule has 1 heterocycles. The average Bonchev–Trinajstić information content (AvgIpc) is 2.94. The van der Waals surface area contributed by atoms with Crippen LogP contribution in [0.2, 0.25) is 10.0 Å². The Hall–Kier alpha value is -1.14. The molecule has 0 amide bonds. The highest BCUT2D eigenvalue weighted by Gasteiger charge is 2.20. The van der Waals surface area contributed by atoms with Crippen LogP contribution in [0.4, 0.5) is 0 Å². The van der Waals surface area contributed by atoms with Crippen molar-refractivity contribution in [3.8, 4) is 11.5 Å². The number of hydrogen-bond donors (Lipinski definition) is 1. The zero-order chi connectivity index (χ0) is 15.4. The third-order valence-electron chi connectivity index (χ3n) is 3.30. The van der Waals surface area contributed by atoms with Crippen LogP contribution < -0.4 is 5.73 Å². The van der Waals surface area contributed by atoms with E-state index in [1.54, 1.807) is 18.2 Å². The van der Waals surface area contributed by atoms with Crippen LogP contribution in [0.5, 0.6) is 0 Å². The van der Waals surface area contributed by atoms with Crippen LogP contribution in [0.1, 0.15) is 25.7 Å². The molecule has 5 nitrogen and oxygen atoms in total. The second-order valence-electron chi connectivity index (χ2n) is 4.65. The van der Waals surface area contributed by atoms with Gasteiger partial charge in [-0.25, -0.2) is 0 Å². The van der Waals surface area contributed by atoms with Gasteiger partial charge in [-0.15, -0.1) is 0 Å². The van der Waals surface area contributed by atoms with Gasteiger partial charge in [0.15, 0.2) is 5.82 Å². The lowest BCUT2D eigenvalue weighted by molar-refractivity contribution is 0.278. The van der Waals surface area contributed by atoms with E-state index in [2.05, 4.69) is 28.9 Å². The van der Waals surface area contributed by atoms with Crippen molar-refractivity contribution >= 4 is 23.2 Å². The van der Waals surface area contributed by atoms with Crippen LogP contribution in [-0.4, -0.2) is 34.7 Å². The van der Waals surface area contributed by atoms with Gasteiger partial charge in [0.2, 0.25) is 0 Å². The first kappa shape index (κ1) is 16.2. The summed E-state index contributed by atoms with van der Waals surface area (Å²) in [6, 6.07) is 4.89. The van der Waals surface area contributed by atoms with Gasteiger partial charge in [0.05, 0.1) is 21.7 Å². The van der Waals surface area contributed by atoms with E-state index < -0.39 is 0 Å². The molecule has 0 saturated carbocycles. The number of aromatic nitrogens is 2. The van der Waals surface area contributed by atoms with Gasteiger partial charge in [0.1, 0.15) is 0 Å². The van der Waals surface area contributed by atoms with Crippen molar-refractivity contribution in [2.24, 2.45) is 5.73 Å². The smallest absolute Gasteiger partial charge is 0.261 e. The first-order valence-corrected chi connectivity index (χ1v) is 7.58. The number of nitrogens with two attached hydrogens (primary N) is 1. The Labute approximate surface area is 134 Å². The van der Waals surface area contributed by atoms with Crippen LogP contribution in [-0.2, 0) is 0 Å². The highest BCUT2D eigenvalue weighted by atomic mass is 35.5. The maximum Gasteiger partial charge on any atom is 0.261 e. The predicted octanol–water partition coefficient (Wildman–Crippen LogP) is 3.39. The topological polar surface area (TPSA) is 68.2 Å². The Balaban J connectivity index is 2.22. The molecule has 1 unspecified atom stereocenters. The fourth-order valence-corrected chi connectivity index (χ4v) is 2.59. The van der Waals surface area contributed by atoms with E-state index in [0.717, 1.165) is 13.1 Å². The minimum atomic E-state index is -0.316. The first-order chi connectivity index (χ1) is 10.1. The Morgan fingerprint density at radius 3 is 2.43 bits per heavy atom. The molecule has 1 aromatic carbocycles. The molecule has 0 spiro atoms. The maximum absolute atomic E-state index is 6.13. The Morgan fingerprint density at radius 2 is 1.86 bits per heavy atom. The van der Waals surface area contributed by atoms with E-state index in [9.17, 15) is 0 Å². The lowest BCUT2D eigenvalue weighted by Crippen LogP contribution is -2.32. The van der Waals surface area contributed by atoms with Gasteiger partial charge in [0, 0.05) is 6.54 Å². The molecule has 21 heavy (non-hydrogen) atoms. The van der Waals surface area contributed by atoms with Gasteiger partial charge < -0.3 is 15.2 Å². The molecule has 2 N–H and O–H groups in total.